The highest BCUT2D eigenvalue weighted by Gasteiger charge is 2.39. The van der Waals surface area contributed by atoms with E-state index in [-0.39, 0.29) is 11.4 Å². The van der Waals surface area contributed by atoms with Gasteiger partial charge in [0.15, 0.2) is 0 Å². The van der Waals surface area contributed by atoms with E-state index in [9.17, 15) is 4.79 Å². The van der Waals surface area contributed by atoms with E-state index in [1.807, 2.05) is 12.3 Å². The van der Waals surface area contributed by atoms with E-state index in [4.69, 9.17) is 5.26 Å². The summed E-state index contributed by atoms with van der Waals surface area (Å²) in [4.78, 5) is 17.7. The Bertz CT molecular complexity index is 705. The van der Waals surface area contributed by atoms with Crippen LogP contribution in [0.25, 0.3) is 0 Å². The van der Waals surface area contributed by atoms with Crippen molar-refractivity contribution in [3.05, 3.63) is 38.0 Å². The Kier molecular flexibility index (Phi) is 3.79. The smallest absolute Gasteiger partial charge is 0.262 e. The third-order valence-corrected chi connectivity index (χ3v) is 5.88. The van der Waals surface area contributed by atoms with E-state index in [1.165, 1.54) is 11.3 Å². The van der Waals surface area contributed by atoms with Crippen LogP contribution in [-0.4, -0.2) is 10.9 Å². The predicted octanol–water partition coefficient (Wildman–Crippen LogP) is 3.58. The third-order valence-electron chi connectivity index (χ3n) is 3.79. The van der Waals surface area contributed by atoms with Gasteiger partial charge in [0.25, 0.3) is 5.91 Å². The summed E-state index contributed by atoms with van der Waals surface area (Å²) in [6.45, 7) is 1.98. The third kappa shape index (κ3) is 2.71. The van der Waals surface area contributed by atoms with Crippen LogP contribution in [0.2, 0.25) is 0 Å². The molecule has 21 heavy (non-hydrogen) atoms. The van der Waals surface area contributed by atoms with Crippen molar-refractivity contribution < 1.29 is 4.79 Å². The highest BCUT2D eigenvalue weighted by Crippen LogP contribution is 2.40. The molecule has 4 nitrogen and oxygen atoms in total. The number of amides is 1. The standard InChI is InChI=1S/C15H15N3OS2/c1-10-8-21-14(17-10)15(4-2-3-5-15)18-13(19)12-6-11(7-16)9-20-12/h6,8-9H,2-5H2,1H3,(H,18,19). The lowest BCUT2D eigenvalue weighted by atomic mass is 9.98. The molecule has 1 N–H and O–H groups in total. The molecule has 1 aliphatic rings. The lowest BCUT2D eigenvalue weighted by Gasteiger charge is -2.27. The number of thiazole rings is 1. The first-order valence-corrected chi connectivity index (χ1v) is 8.63. The van der Waals surface area contributed by atoms with Crippen molar-refractivity contribution in [3.63, 3.8) is 0 Å². The molecule has 6 heteroatoms. The summed E-state index contributed by atoms with van der Waals surface area (Å²) >= 11 is 2.93. The number of hydrogen-bond donors (Lipinski definition) is 1. The van der Waals surface area contributed by atoms with Gasteiger partial charge in [-0.1, -0.05) is 12.8 Å². The summed E-state index contributed by atoms with van der Waals surface area (Å²) in [7, 11) is 0. The van der Waals surface area contributed by atoms with E-state index < -0.39 is 0 Å². The van der Waals surface area contributed by atoms with Gasteiger partial charge in [-0.25, -0.2) is 4.98 Å². The number of hydrogen-bond acceptors (Lipinski definition) is 5. The Labute approximate surface area is 131 Å². The molecule has 2 aromatic heterocycles. The fourth-order valence-corrected chi connectivity index (χ4v) is 4.48. The van der Waals surface area contributed by atoms with Gasteiger partial charge in [-0.05, 0) is 25.8 Å². The van der Waals surface area contributed by atoms with Crippen molar-refractivity contribution in [3.8, 4) is 6.07 Å². The average molecular weight is 317 g/mol. The predicted molar refractivity (Wildman–Crippen MR) is 83.5 cm³/mol. The average Bonchev–Trinajstić information content (AvgIpc) is 3.18. The fourth-order valence-electron chi connectivity index (χ4n) is 2.74. The van der Waals surface area contributed by atoms with Crippen LogP contribution < -0.4 is 5.32 Å². The molecule has 1 aliphatic carbocycles. The molecule has 1 amide bonds. The first kappa shape index (κ1) is 14.2. The molecular weight excluding hydrogens is 302 g/mol. The van der Waals surface area contributed by atoms with Gasteiger partial charge in [-0.15, -0.1) is 22.7 Å². The first-order valence-electron chi connectivity index (χ1n) is 6.87. The SMILES string of the molecule is Cc1csc(C2(NC(=O)c3cc(C#N)cs3)CCCC2)n1. The summed E-state index contributed by atoms with van der Waals surface area (Å²) in [5, 5.41) is 16.8. The molecular formula is C15H15N3OS2. The topological polar surface area (TPSA) is 65.8 Å². The van der Waals surface area contributed by atoms with Crippen molar-refractivity contribution in [2.75, 3.05) is 0 Å². The monoisotopic (exact) mass is 317 g/mol. The summed E-state index contributed by atoms with van der Waals surface area (Å²) in [5.74, 6) is -0.101. The van der Waals surface area contributed by atoms with Crippen molar-refractivity contribution in [2.24, 2.45) is 0 Å². The van der Waals surface area contributed by atoms with Gasteiger partial charge in [-0.2, -0.15) is 5.26 Å². The van der Waals surface area contributed by atoms with Crippen LogP contribution in [0.15, 0.2) is 16.8 Å². The Morgan fingerprint density at radius 1 is 1.38 bits per heavy atom. The zero-order chi connectivity index (χ0) is 14.9. The number of carbonyl (C=O) groups excluding carboxylic acids is 1. The zero-order valence-electron chi connectivity index (χ0n) is 11.7. The van der Waals surface area contributed by atoms with Crippen LogP contribution in [-0.2, 0) is 5.54 Å². The van der Waals surface area contributed by atoms with Gasteiger partial charge >= 0.3 is 0 Å². The largest absolute Gasteiger partial charge is 0.339 e. The molecule has 0 aromatic carbocycles. The minimum atomic E-state index is -0.327. The van der Waals surface area contributed by atoms with Crippen molar-refractivity contribution in [2.45, 2.75) is 38.1 Å². The van der Waals surface area contributed by atoms with Crippen LogP contribution in [0, 0.1) is 18.3 Å². The lowest BCUT2D eigenvalue weighted by molar-refractivity contribution is 0.0902. The molecule has 1 fully saturated rings. The highest BCUT2D eigenvalue weighted by atomic mass is 32.1. The van der Waals surface area contributed by atoms with Gasteiger partial charge < -0.3 is 5.32 Å². The Morgan fingerprint density at radius 3 is 2.71 bits per heavy atom. The molecule has 0 unspecified atom stereocenters. The number of nitrogens with one attached hydrogen (secondary N) is 1. The van der Waals surface area contributed by atoms with Crippen molar-refractivity contribution in [1.29, 1.82) is 5.26 Å². The van der Waals surface area contributed by atoms with Crippen LogP contribution in [0.1, 0.15) is 51.6 Å². The van der Waals surface area contributed by atoms with Crippen LogP contribution >= 0.6 is 22.7 Å². The second kappa shape index (κ2) is 5.58. The number of aromatic nitrogens is 1. The number of rotatable bonds is 3. The molecule has 0 radical (unpaired) electrons. The summed E-state index contributed by atoms with van der Waals surface area (Å²) in [5.41, 5.74) is 1.21. The summed E-state index contributed by atoms with van der Waals surface area (Å²) in [6.07, 6.45) is 4.07. The van der Waals surface area contributed by atoms with E-state index in [0.29, 0.717) is 10.4 Å². The van der Waals surface area contributed by atoms with Gasteiger partial charge in [0.05, 0.1) is 16.0 Å². The van der Waals surface area contributed by atoms with E-state index in [2.05, 4.69) is 16.4 Å². The first-order chi connectivity index (χ1) is 10.1. The highest BCUT2D eigenvalue weighted by molar-refractivity contribution is 7.12. The number of nitrogens with zero attached hydrogens (tertiary/aromatic N) is 2. The van der Waals surface area contributed by atoms with Gasteiger partial charge in [0.1, 0.15) is 11.1 Å². The maximum Gasteiger partial charge on any atom is 0.262 e. The van der Waals surface area contributed by atoms with Crippen LogP contribution in [0.3, 0.4) is 0 Å². The molecule has 0 saturated heterocycles. The maximum atomic E-state index is 12.5. The quantitative estimate of drug-likeness (QED) is 0.941. The molecule has 108 valence electrons. The second-order valence-electron chi connectivity index (χ2n) is 5.35. The normalized spacial score (nSPS) is 16.6. The zero-order valence-corrected chi connectivity index (χ0v) is 13.3. The maximum absolute atomic E-state index is 12.5. The molecule has 0 aliphatic heterocycles. The molecule has 2 heterocycles. The Morgan fingerprint density at radius 2 is 2.14 bits per heavy atom. The molecule has 3 rings (SSSR count). The van der Waals surface area contributed by atoms with Crippen molar-refractivity contribution in [1.82, 2.24) is 10.3 Å². The number of nitriles is 1. The minimum absolute atomic E-state index is 0.101. The molecule has 0 atom stereocenters. The molecule has 0 bridgehead atoms. The fraction of sp³-hybridized carbons (Fsp3) is 0.400. The second-order valence-corrected chi connectivity index (χ2v) is 7.12. The summed E-state index contributed by atoms with van der Waals surface area (Å²) < 4.78 is 0. The Hall–Kier alpha value is -1.71. The van der Waals surface area contributed by atoms with Crippen LogP contribution in [0.4, 0.5) is 0 Å². The van der Waals surface area contributed by atoms with Gasteiger partial charge in [-0.3, -0.25) is 4.79 Å². The number of aryl methyl sites for hydroxylation is 1. The van der Waals surface area contributed by atoms with Crippen LogP contribution in [0.5, 0.6) is 0 Å². The van der Waals surface area contributed by atoms with Gasteiger partial charge in [0.2, 0.25) is 0 Å². The van der Waals surface area contributed by atoms with Crippen molar-refractivity contribution >= 4 is 28.6 Å². The van der Waals surface area contributed by atoms with E-state index in [1.54, 1.807) is 22.8 Å². The molecule has 2 aromatic rings. The van der Waals surface area contributed by atoms with E-state index in [0.717, 1.165) is 36.4 Å². The molecule has 1 saturated carbocycles. The summed E-state index contributed by atoms with van der Waals surface area (Å²) in [6, 6.07) is 3.71. The van der Waals surface area contributed by atoms with Gasteiger partial charge in [0, 0.05) is 16.5 Å². The van der Waals surface area contributed by atoms with E-state index >= 15 is 0 Å². The number of carbonyl (C=O) groups is 1. The Balaban J connectivity index is 1.86. The molecule has 0 spiro atoms. The lowest BCUT2D eigenvalue weighted by Crippen LogP contribution is -2.43. The number of thiophene rings is 1. The minimum Gasteiger partial charge on any atom is -0.339 e.